The maximum absolute atomic E-state index is 14.1. The van der Waals surface area contributed by atoms with Crippen molar-refractivity contribution >= 4 is 35.3 Å². The summed E-state index contributed by atoms with van der Waals surface area (Å²) in [5, 5.41) is 11.3. The van der Waals surface area contributed by atoms with Gasteiger partial charge in [-0.3, -0.25) is 24.6 Å². The first kappa shape index (κ1) is 26.1. The topological polar surface area (TPSA) is 125 Å². The molecule has 1 heterocycles. The van der Waals surface area contributed by atoms with Gasteiger partial charge in [0.05, 0.1) is 26.3 Å². The van der Waals surface area contributed by atoms with Crippen LogP contribution < -0.4 is 9.64 Å². The largest absolute Gasteiger partial charge is 0.497 e. The van der Waals surface area contributed by atoms with Crippen molar-refractivity contribution in [3.63, 3.8) is 0 Å². The predicted octanol–water partition coefficient (Wildman–Crippen LogP) is 3.89. The molecule has 0 N–H and O–H groups in total. The summed E-state index contributed by atoms with van der Waals surface area (Å²) in [6.07, 6.45) is 2.87. The molecule has 0 radical (unpaired) electrons. The first-order valence-corrected chi connectivity index (χ1v) is 11.4. The first-order valence-electron chi connectivity index (χ1n) is 11.4. The second-order valence-corrected chi connectivity index (χ2v) is 8.39. The van der Waals surface area contributed by atoms with E-state index in [4.69, 9.17) is 14.2 Å². The molecule has 0 aliphatic carbocycles. The molecule has 2 atom stereocenters. The maximum atomic E-state index is 14.1. The normalized spacial score (nSPS) is 20.5. The molecule has 0 bridgehead atoms. The van der Waals surface area contributed by atoms with Gasteiger partial charge in [-0.15, -0.1) is 0 Å². The van der Waals surface area contributed by atoms with Crippen LogP contribution in [-0.4, -0.2) is 44.1 Å². The molecule has 1 saturated heterocycles. The lowest BCUT2D eigenvalue weighted by molar-refractivity contribution is -0.384. The number of hydrogen-bond donors (Lipinski definition) is 0. The molecule has 1 aliphatic heterocycles. The van der Waals surface area contributed by atoms with Crippen LogP contribution in [0.5, 0.6) is 5.75 Å². The minimum Gasteiger partial charge on any atom is -0.497 e. The highest BCUT2D eigenvalue weighted by atomic mass is 16.6. The van der Waals surface area contributed by atoms with E-state index in [0.717, 1.165) is 19.1 Å². The number of carbonyl (C=O) groups is 3. The van der Waals surface area contributed by atoms with E-state index < -0.39 is 33.7 Å². The highest BCUT2D eigenvalue weighted by Gasteiger charge is 2.80. The number of anilines is 1. The van der Waals surface area contributed by atoms with E-state index in [1.54, 1.807) is 54.6 Å². The number of methoxy groups -OCH3 is 3. The Labute approximate surface area is 218 Å². The Kier molecular flexibility index (Phi) is 6.98. The molecular formula is C28H24N2O8. The molecule has 194 valence electrons. The maximum Gasteiger partial charge on any atom is 0.339 e. The van der Waals surface area contributed by atoms with E-state index in [1.807, 2.05) is 6.07 Å². The molecule has 3 aromatic carbocycles. The van der Waals surface area contributed by atoms with Crippen LogP contribution in [0.1, 0.15) is 11.1 Å². The molecule has 10 heteroatoms. The number of amides is 1. The lowest BCUT2D eigenvalue weighted by Crippen LogP contribution is -2.81. The Morgan fingerprint density at radius 2 is 1.47 bits per heavy atom. The van der Waals surface area contributed by atoms with Gasteiger partial charge in [0.15, 0.2) is 5.54 Å². The van der Waals surface area contributed by atoms with E-state index in [2.05, 4.69) is 0 Å². The van der Waals surface area contributed by atoms with Crippen LogP contribution in [0.25, 0.3) is 6.08 Å². The molecule has 1 amide bonds. The molecule has 1 fully saturated rings. The number of benzene rings is 3. The monoisotopic (exact) mass is 516 g/mol. The Morgan fingerprint density at radius 3 is 2.00 bits per heavy atom. The number of nitro benzene ring substituents is 1. The number of esters is 2. The van der Waals surface area contributed by atoms with Gasteiger partial charge in [-0.1, -0.05) is 42.5 Å². The lowest BCUT2D eigenvalue weighted by Gasteiger charge is -2.59. The zero-order valence-corrected chi connectivity index (χ0v) is 20.8. The van der Waals surface area contributed by atoms with Crippen molar-refractivity contribution in [3.05, 3.63) is 106 Å². The summed E-state index contributed by atoms with van der Waals surface area (Å²) < 4.78 is 15.5. The van der Waals surface area contributed by atoms with Gasteiger partial charge in [0, 0.05) is 17.8 Å². The second kappa shape index (κ2) is 10.2. The zero-order chi connectivity index (χ0) is 27.5. The third-order valence-electron chi connectivity index (χ3n) is 6.59. The smallest absolute Gasteiger partial charge is 0.339 e. The quantitative estimate of drug-likeness (QED) is 0.145. The summed E-state index contributed by atoms with van der Waals surface area (Å²) >= 11 is 0. The summed E-state index contributed by atoms with van der Waals surface area (Å²) in [5.41, 5.74) is -3.48. The minimum atomic E-state index is -2.19. The number of β-lactam (4-membered cyclic amide) rings is 1. The lowest BCUT2D eigenvalue weighted by atomic mass is 9.56. The van der Waals surface area contributed by atoms with Gasteiger partial charge in [-0.2, -0.15) is 0 Å². The van der Waals surface area contributed by atoms with Crippen LogP contribution >= 0.6 is 0 Å². The fraction of sp³-hybridized carbons (Fsp3) is 0.179. The number of hydrogen-bond acceptors (Lipinski definition) is 8. The van der Waals surface area contributed by atoms with Crippen LogP contribution in [0.15, 0.2) is 84.9 Å². The molecular weight excluding hydrogens is 492 g/mol. The summed E-state index contributed by atoms with van der Waals surface area (Å²) in [4.78, 5) is 53.3. The van der Waals surface area contributed by atoms with Crippen molar-refractivity contribution in [1.29, 1.82) is 0 Å². The van der Waals surface area contributed by atoms with E-state index in [1.165, 1.54) is 37.5 Å². The summed E-state index contributed by atoms with van der Waals surface area (Å²) in [5.74, 6) is -2.18. The van der Waals surface area contributed by atoms with E-state index in [0.29, 0.717) is 11.3 Å². The van der Waals surface area contributed by atoms with Crippen molar-refractivity contribution in [3.8, 4) is 5.75 Å². The van der Waals surface area contributed by atoms with Crippen molar-refractivity contribution in [2.24, 2.45) is 5.41 Å². The van der Waals surface area contributed by atoms with Gasteiger partial charge in [0.2, 0.25) is 5.41 Å². The molecule has 1 aliphatic rings. The number of carbonyl (C=O) groups excluding carboxylic acids is 3. The van der Waals surface area contributed by atoms with Crippen molar-refractivity contribution in [2.75, 3.05) is 26.2 Å². The molecule has 0 spiro atoms. The molecule has 38 heavy (non-hydrogen) atoms. The van der Waals surface area contributed by atoms with Gasteiger partial charge in [0.1, 0.15) is 5.75 Å². The van der Waals surface area contributed by atoms with E-state index >= 15 is 0 Å². The van der Waals surface area contributed by atoms with Crippen LogP contribution in [-0.2, 0) is 29.4 Å². The number of nitrogens with zero attached hydrogens (tertiary/aromatic N) is 2. The highest BCUT2D eigenvalue weighted by molar-refractivity contribution is 6.27. The fourth-order valence-corrected chi connectivity index (χ4v) is 4.79. The van der Waals surface area contributed by atoms with Crippen LogP contribution in [0.3, 0.4) is 0 Å². The number of non-ortho nitro benzene ring substituents is 1. The first-order chi connectivity index (χ1) is 18.3. The van der Waals surface area contributed by atoms with Crippen LogP contribution in [0.2, 0.25) is 0 Å². The average molecular weight is 517 g/mol. The summed E-state index contributed by atoms with van der Waals surface area (Å²) in [7, 11) is 3.73. The molecule has 10 nitrogen and oxygen atoms in total. The van der Waals surface area contributed by atoms with E-state index in [9.17, 15) is 24.5 Å². The summed E-state index contributed by atoms with van der Waals surface area (Å²) in [6.45, 7) is 0. The van der Waals surface area contributed by atoms with Gasteiger partial charge >= 0.3 is 11.9 Å². The zero-order valence-electron chi connectivity index (χ0n) is 20.8. The molecule has 4 rings (SSSR count). The predicted molar refractivity (Wildman–Crippen MR) is 137 cm³/mol. The van der Waals surface area contributed by atoms with Crippen molar-refractivity contribution < 1.29 is 33.5 Å². The van der Waals surface area contributed by atoms with Gasteiger partial charge in [-0.05, 0) is 47.5 Å². The molecule has 0 unspecified atom stereocenters. The summed E-state index contributed by atoms with van der Waals surface area (Å²) in [6, 6.07) is 20.2. The molecule has 3 aromatic rings. The Morgan fingerprint density at radius 1 is 0.868 bits per heavy atom. The van der Waals surface area contributed by atoms with Gasteiger partial charge in [-0.25, -0.2) is 4.79 Å². The Hall–Kier alpha value is -4.99. The van der Waals surface area contributed by atoms with E-state index in [-0.39, 0.29) is 16.9 Å². The van der Waals surface area contributed by atoms with Crippen LogP contribution in [0, 0.1) is 15.5 Å². The SMILES string of the molecule is COC(=O)[C@@]1(/C=C/c2ccccc2)C(=O)N(c2ccc(OC)cc2)[C@@]1(C(=O)OC)c1ccc([N+](=O)[O-])cc1. The van der Waals surface area contributed by atoms with Crippen LogP contribution in [0.4, 0.5) is 11.4 Å². The third kappa shape index (κ3) is 3.78. The van der Waals surface area contributed by atoms with Crippen molar-refractivity contribution in [1.82, 2.24) is 0 Å². The van der Waals surface area contributed by atoms with Gasteiger partial charge < -0.3 is 14.2 Å². The minimum absolute atomic E-state index is 0.119. The number of rotatable bonds is 8. The average Bonchev–Trinajstić information content (AvgIpc) is 2.96. The Bertz CT molecular complexity index is 1400. The second-order valence-electron chi connectivity index (χ2n) is 8.39. The third-order valence-corrected chi connectivity index (χ3v) is 6.59. The number of nitro groups is 1. The molecule has 0 saturated carbocycles. The van der Waals surface area contributed by atoms with Crippen molar-refractivity contribution in [2.45, 2.75) is 5.54 Å². The van der Waals surface area contributed by atoms with Gasteiger partial charge in [0.25, 0.3) is 11.6 Å². The highest BCUT2D eigenvalue weighted by Crippen LogP contribution is 2.59. The molecule has 0 aromatic heterocycles. The Balaban J connectivity index is 2.05. The number of ether oxygens (including phenoxy) is 3. The fourth-order valence-electron chi connectivity index (χ4n) is 4.79. The standard InChI is InChI=1S/C28H24N2O8/c1-36-23-15-13-21(14-16-23)29-24(31)27(25(32)37-2,18-17-19-7-5-4-6-8-19)28(29,26(33)38-3)20-9-11-22(12-10-20)30(34)35/h4-18H,1-3H3/b18-17+/t27-,28-/m1/s1.